The second-order valence-corrected chi connectivity index (χ2v) is 18.6. The summed E-state index contributed by atoms with van der Waals surface area (Å²) in [7, 11) is 0. The van der Waals surface area contributed by atoms with Gasteiger partial charge in [0.05, 0.1) is 30.6 Å². The fourth-order valence-corrected chi connectivity index (χ4v) is 9.97. The van der Waals surface area contributed by atoms with Gasteiger partial charge in [-0.2, -0.15) is 0 Å². The Morgan fingerprint density at radius 2 is 1.77 bits per heavy atom. The molecule has 6 rings (SSSR count). The minimum absolute atomic E-state index is 0.00629. The SMILES string of the molecule is CCC(C)(C)C(=O)O[C@H]1C[C@@H](C)C=C2C=C[C@H](C)[C@H](CC[C@@H]3C[C@@H](O)CC(=O)O3)[C@H]21.CCOC(=O)[C@H](CCc1ccccc1)N[C@@H](C)C(=O)N1[C@H](C(=O)O)C[C@@H]2CCC[C@@H]21. The van der Waals surface area contributed by atoms with Crippen LogP contribution in [0.3, 0.4) is 0 Å². The third-order valence-electron chi connectivity index (χ3n) is 13.7. The molecule has 0 bridgehead atoms. The first-order valence-electron chi connectivity index (χ1n) is 22.5. The lowest BCUT2D eigenvalue weighted by atomic mass is 9.65. The highest BCUT2D eigenvalue weighted by atomic mass is 16.6. The number of cyclic esters (lactones) is 1. The number of likely N-dealkylation sites (tertiary alicyclic amines) is 1. The van der Waals surface area contributed by atoms with Crippen LogP contribution in [0, 0.1) is 35.0 Å². The predicted molar refractivity (Wildman–Crippen MR) is 227 cm³/mol. The molecule has 2 heterocycles. The first-order chi connectivity index (χ1) is 28.5. The van der Waals surface area contributed by atoms with Gasteiger partial charge in [0.1, 0.15) is 24.3 Å². The van der Waals surface area contributed by atoms with Crippen LogP contribution in [0.2, 0.25) is 0 Å². The molecule has 1 aromatic rings. The Morgan fingerprint density at radius 3 is 2.43 bits per heavy atom. The second kappa shape index (κ2) is 21.2. The monoisotopic (exact) mass is 835 g/mol. The molecule has 0 unspecified atom stereocenters. The lowest BCUT2D eigenvalue weighted by molar-refractivity contribution is -0.166. The van der Waals surface area contributed by atoms with E-state index in [1.807, 2.05) is 51.1 Å². The number of carbonyl (C=O) groups is 5. The number of allylic oxidation sites excluding steroid dienone is 3. The number of carbonyl (C=O) groups excluding carboxylic acids is 4. The molecule has 1 aromatic carbocycles. The first kappa shape index (κ1) is 47.0. The van der Waals surface area contributed by atoms with Gasteiger partial charge in [0, 0.05) is 18.4 Å². The van der Waals surface area contributed by atoms with E-state index in [9.17, 15) is 34.2 Å². The van der Waals surface area contributed by atoms with Gasteiger partial charge in [0.25, 0.3) is 0 Å². The summed E-state index contributed by atoms with van der Waals surface area (Å²) in [5.41, 5.74) is 1.89. The third-order valence-corrected chi connectivity index (χ3v) is 13.7. The molecule has 1 saturated carbocycles. The molecule has 3 aliphatic carbocycles. The van der Waals surface area contributed by atoms with Crippen LogP contribution < -0.4 is 5.32 Å². The smallest absolute Gasteiger partial charge is 0.326 e. The zero-order valence-electron chi connectivity index (χ0n) is 36.8. The fraction of sp³-hybridized carbons (Fsp3) is 0.688. The summed E-state index contributed by atoms with van der Waals surface area (Å²) in [6.45, 7) is 14.0. The van der Waals surface area contributed by atoms with Gasteiger partial charge in [0.2, 0.25) is 5.91 Å². The molecule has 0 aromatic heterocycles. The summed E-state index contributed by atoms with van der Waals surface area (Å²) in [6.07, 6.45) is 14.1. The van der Waals surface area contributed by atoms with E-state index in [0.29, 0.717) is 43.4 Å². The highest BCUT2D eigenvalue weighted by Crippen LogP contribution is 2.46. The van der Waals surface area contributed by atoms with Crippen molar-refractivity contribution in [1.82, 2.24) is 10.2 Å². The number of nitrogens with one attached hydrogen (secondary N) is 1. The van der Waals surface area contributed by atoms with Crippen LogP contribution in [0.4, 0.5) is 0 Å². The van der Waals surface area contributed by atoms with Crippen molar-refractivity contribution in [3.8, 4) is 0 Å². The number of aliphatic carboxylic acids is 1. The Morgan fingerprint density at radius 1 is 1.03 bits per heavy atom. The Bertz CT molecular complexity index is 1710. The molecule has 332 valence electrons. The number of aliphatic hydroxyl groups is 1. The summed E-state index contributed by atoms with van der Waals surface area (Å²) in [4.78, 5) is 63.6. The van der Waals surface area contributed by atoms with Crippen LogP contribution >= 0.6 is 0 Å². The number of nitrogens with zero attached hydrogens (tertiary/aromatic N) is 1. The Hall–Kier alpha value is -4.03. The molecule has 3 N–H and O–H groups in total. The van der Waals surface area contributed by atoms with Gasteiger partial charge in [-0.25, -0.2) is 4.79 Å². The van der Waals surface area contributed by atoms with Crippen LogP contribution in [-0.4, -0.2) is 94.0 Å². The number of aryl methyl sites for hydroxylation is 1. The number of fused-ring (bicyclic) bond motifs is 2. The van der Waals surface area contributed by atoms with Gasteiger partial charge in [-0.15, -0.1) is 0 Å². The van der Waals surface area contributed by atoms with Crippen molar-refractivity contribution < 1.29 is 48.4 Å². The van der Waals surface area contributed by atoms with E-state index in [0.717, 1.165) is 50.5 Å². The zero-order valence-corrected chi connectivity index (χ0v) is 36.8. The van der Waals surface area contributed by atoms with Crippen molar-refractivity contribution in [2.75, 3.05) is 6.61 Å². The van der Waals surface area contributed by atoms with Crippen molar-refractivity contribution in [3.05, 3.63) is 59.7 Å². The summed E-state index contributed by atoms with van der Waals surface area (Å²) < 4.78 is 16.8. The second-order valence-electron chi connectivity index (χ2n) is 18.6. The van der Waals surface area contributed by atoms with Gasteiger partial charge in [-0.3, -0.25) is 24.5 Å². The molecular weight excluding hydrogens is 765 g/mol. The van der Waals surface area contributed by atoms with Gasteiger partial charge in [-0.05, 0) is 120 Å². The molecule has 12 heteroatoms. The molecule has 12 nitrogen and oxygen atoms in total. The average molecular weight is 835 g/mol. The summed E-state index contributed by atoms with van der Waals surface area (Å²) >= 11 is 0. The minimum Gasteiger partial charge on any atom is -0.480 e. The third kappa shape index (κ3) is 11.9. The number of hydrogen-bond donors (Lipinski definition) is 3. The molecule has 60 heavy (non-hydrogen) atoms. The van der Waals surface area contributed by atoms with Crippen molar-refractivity contribution in [3.63, 3.8) is 0 Å². The molecular formula is C48H70N2O10. The Kier molecular flexibility index (Phi) is 16.6. The highest BCUT2D eigenvalue weighted by Gasteiger charge is 2.50. The number of carboxylic acids is 1. The number of aliphatic hydroxyl groups excluding tert-OH is 1. The standard InChI is InChI=1S/C25H38O5.C23H32N2O5/c1-6-25(4,5)24(28)30-21-12-15(2)11-17-8-7-16(3)20(23(17)21)10-9-19-13-18(26)14-22(27)29-19;1-3-30-23(29)18(13-12-16-8-5-4-6-9-16)24-15(2)21(26)25-19-11-7-10-17(19)14-20(25)22(27)28/h7-8,11,15-16,18-21,23,26H,6,9-10,12-14H2,1-5H3;4-6,8-9,15,17-20,24H,3,7,10-14H2,1-2H3,(H,27,28)/t15-,16-,18+,19+,20-,21-,23-;15-,17-,18-,19-,20-/m00/s1. The van der Waals surface area contributed by atoms with Crippen LogP contribution in [-0.2, 0) is 44.6 Å². The van der Waals surface area contributed by atoms with E-state index >= 15 is 0 Å². The molecule has 2 saturated heterocycles. The molecule has 12 atom stereocenters. The number of esters is 3. The number of benzene rings is 1. The van der Waals surface area contributed by atoms with E-state index in [2.05, 4.69) is 37.4 Å². The van der Waals surface area contributed by atoms with Crippen LogP contribution in [0.15, 0.2) is 54.1 Å². The summed E-state index contributed by atoms with van der Waals surface area (Å²) in [5.74, 6) is -0.538. The normalized spacial score (nSPS) is 30.7. The lowest BCUT2D eigenvalue weighted by Gasteiger charge is -2.44. The first-order valence-corrected chi connectivity index (χ1v) is 22.5. The number of carboxylic acid groups (broad SMARTS) is 1. The van der Waals surface area contributed by atoms with Gasteiger partial charge >= 0.3 is 23.9 Å². The van der Waals surface area contributed by atoms with Gasteiger partial charge in [0.15, 0.2) is 0 Å². The van der Waals surface area contributed by atoms with Gasteiger partial charge < -0.3 is 29.3 Å². The number of rotatable bonds is 15. The van der Waals surface area contributed by atoms with Crippen molar-refractivity contribution in [2.45, 2.75) is 168 Å². The maximum atomic E-state index is 13.2. The van der Waals surface area contributed by atoms with Crippen LogP contribution in [0.5, 0.6) is 0 Å². The van der Waals surface area contributed by atoms with Gasteiger partial charge in [-0.1, -0.05) is 75.8 Å². The van der Waals surface area contributed by atoms with E-state index in [1.165, 1.54) is 5.57 Å². The maximum absolute atomic E-state index is 13.2. The molecule has 3 fully saturated rings. The number of hydrogen-bond acceptors (Lipinski definition) is 10. The van der Waals surface area contributed by atoms with Crippen LogP contribution in [0.1, 0.15) is 125 Å². The zero-order chi connectivity index (χ0) is 43.7. The molecule has 0 radical (unpaired) electrons. The average Bonchev–Trinajstić information content (AvgIpc) is 3.81. The maximum Gasteiger partial charge on any atom is 0.326 e. The highest BCUT2D eigenvalue weighted by molar-refractivity contribution is 5.88. The minimum atomic E-state index is -0.948. The Balaban J connectivity index is 0.000000228. The topological polar surface area (TPSA) is 169 Å². The summed E-state index contributed by atoms with van der Waals surface area (Å²) in [6, 6.07) is 7.76. The fourth-order valence-electron chi connectivity index (χ4n) is 9.97. The van der Waals surface area contributed by atoms with Crippen molar-refractivity contribution in [1.29, 1.82) is 0 Å². The van der Waals surface area contributed by atoms with E-state index in [4.69, 9.17) is 14.2 Å². The quantitative estimate of drug-likeness (QED) is 0.123. The molecule has 2 aliphatic heterocycles. The predicted octanol–water partition coefficient (Wildman–Crippen LogP) is 6.97. The van der Waals surface area contributed by atoms with Crippen molar-refractivity contribution >= 4 is 29.8 Å². The largest absolute Gasteiger partial charge is 0.480 e. The van der Waals surface area contributed by atoms with E-state index in [1.54, 1.807) is 18.7 Å². The van der Waals surface area contributed by atoms with E-state index < -0.39 is 35.6 Å². The number of ether oxygens (including phenoxy) is 3. The molecule has 0 spiro atoms. The summed E-state index contributed by atoms with van der Waals surface area (Å²) in [5, 5.41) is 22.7. The Labute approximate surface area is 356 Å². The molecule has 5 aliphatic rings. The molecule has 1 amide bonds. The lowest BCUT2D eigenvalue weighted by Crippen LogP contribution is -2.55. The number of amides is 1. The van der Waals surface area contributed by atoms with Crippen LogP contribution in [0.25, 0.3) is 0 Å². The van der Waals surface area contributed by atoms with Crippen molar-refractivity contribution in [2.24, 2.45) is 35.0 Å². The van der Waals surface area contributed by atoms with E-state index in [-0.39, 0.29) is 66.9 Å².